The third-order valence-corrected chi connectivity index (χ3v) is 4.32. The first-order chi connectivity index (χ1) is 13.2. The van der Waals surface area contributed by atoms with Gasteiger partial charge in [-0.15, -0.1) is 0 Å². The number of methoxy groups -OCH3 is 1. The Morgan fingerprint density at radius 1 is 1.21 bits per heavy atom. The molecule has 1 unspecified atom stereocenters. The van der Waals surface area contributed by atoms with Gasteiger partial charge in [-0.2, -0.15) is 0 Å². The van der Waals surface area contributed by atoms with Crippen LogP contribution >= 0.6 is 0 Å². The highest BCUT2D eigenvalue weighted by atomic mass is 16.6. The van der Waals surface area contributed by atoms with Crippen molar-refractivity contribution in [2.24, 2.45) is 5.92 Å². The van der Waals surface area contributed by atoms with Crippen molar-refractivity contribution in [2.75, 3.05) is 33.4 Å². The number of nitrogens with zero attached hydrogens (tertiary/aromatic N) is 1. The number of ether oxygens (including phenoxy) is 4. The number of rotatable bonds is 6. The van der Waals surface area contributed by atoms with Gasteiger partial charge in [0.1, 0.15) is 5.60 Å². The van der Waals surface area contributed by atoms with E-state index in [-0.39, 0.29) is 12.0 Å². The minimum Gasteiger partial charge on any atom is -0.493 e. The van der Waals surface area contributed by atoms with Gasteiger partial charge in [-0.05, 0) is 58.7 Å². The first kappa shape index (κ1) is 21.9. The van der Waals surface area contributed by atoms with Gasteiger partial charge in [-0.3, -0.25) is 0 Å². The Bertz CT molecular complexity index is 682. The zero-order chi connectivity index (χ0) is 20.7. The van der Waals surface area contributed by atoms with Crippen molar-refractivity contribution in [2.45, 2.75) is 46.1 Å². The zero-order valence-electron chi connectivity index (χ0n) is 17.4. The Kier molecular flexibility index (Phi) is 7.54. The van der Waals surface area contributed by atoms with E-state index in [1.165, 1.54) is 7.11 Å². The summed E-state index contributed by atoms with van der Waals surface area (Å²) in [6.45, 7) is 9.41. The van der Waals surface area contributed by atoms with E-state index >= 15 is 0 Å². The molecule has 0 aromatic heterocycles. The average Bonchev–Trinajstić information content (AvgIpc) is 2.65. The van der Waals surface area contributed by atoms with E-state index in [1.807, 2.05) is 20.8 Å². The molecule has 1 aliphatic rings. The molecule has 1 atom stereocenters. The highest BCUT2D eigenvalue weighted by Crippen LogP contribution is 2.30. The van der Waals surface area contributed by atoms with Crippen molar-refractivity contribution in [1.29, 1.82) is 0 Å². The highest BCUT2D eigenvalue weighted by molar-refractivity contribution is 5.90. The van der Waals surface area contributed by atoms with Crippen LogP contribution in [0, 0.1) is 5.92 Å². The van der Waals surface area contributed by atoms with Crippen LogP contribution in [-0.2, 0) is 9.47 Å². The molecule has 1 heterocycles. The summed E-state index contributed by atoms with van der Waals surface area (Å²) in [5.41, 5.74) is -0.0889. The predicted octanol–water partition coefficient (Wildman–Crippen LogP) is 3.90. The summed E-state index contributed by atoms with van der Waals surface area (Å²) in [6, 6.07) is 4.98. The number of carbonyl (C=O) groups is 2. The van der Waals surface area contributed by atoms with Gasteiger partial charge in [-0.1, -0.05) is 0 Å². The fourth-order valence-corrected chi connectivity index (χ4v) is 3.03. The van der Waals surface area contributed by atoms with Crippen LogP contribution in [0.4, 0.5) is 4.79 Å². The summed E-state index contributed by atoms with van der Waals surface area (Å²) in [5.74, 6) is 0.846. The van der Waals surface area contributed by atoms with Gasteiger partial charge < -0.3 is 23.8 Å². The van der Waals surface area contributed by atoms with Crippen LogP contribution in [-0.4, -0.2) is 56.0 Å². The Labute approximate surface area is 166 Å². The third kappa shape index (κ3) is 6.32. The first-order valence-corrected chi connectivity index (χ1v) is 9.69. The van der Waals surface area contributed by atoms with E-state index in [9.17, 15) is 9.59 Å². The van der Waals surface area contributed by atoms with Crippen LogP contribution in [0.5, 0.6) is 11.5 Å². The molecule has 1 fully saturated rings. The third-order valence-electron chi connectivity index (χ3n) is 4.32. The summed E-state index contributed by atoms with van der Waals surface area (Å²) >= 11 is 0. The zero-order valence-corrected chi connectivity index (χ0v) is 17.4. The monoisotopic (exact) mass is 393 g/mol. The second-order valence-corrected chi connectivity index (χ2v) is 7.83. The minimum atomic E-state index is -0.505. The maximum Gasteiger partial charge on any atom is 0.410 e. The molecule has 1 aromatic rings. The van der Waals surface area contributed by atoms with Crippen molar-refractivity contribution in [1.82, 2.24) is 4.90 Å². The van der Waals surface area contributed by atoms with Gasteiger partial charge in [0.15, 0.2) is 11.5 Å². The Morgan fingerprint density at radius 3 is 2.61 bits per heavy atom. The van der Waals surface area contributed by atoms with Crippen molar-refractivity contribution >= 4 is 12.1 Å². The van der Waals surface area contributed by atoms with E-state index in [0.29, 0.717) is 43.4 Å². The lowest BCUT2D eigenvalue weighted by molar-refractivity contribution is 0.0138. The molecule has 156 valence electrons. The van der Waals surface area contributed by atoms with E-state index in [4.69, 9.17) is 18.9 Å². The van der Waals surface area contributed by atoms with Crippen LogP contribution in [0.3, 0.4) is 0 Å². The van der Waals surface area contributed by atoms with Crippen LogP contribution in [0.15, 0.2) is 18.2 Å². The second-order valence-electron chi connectivity index (χ2n) is 7.83. The maximum atomic E-state index is 12.3. The molecular formula is C21H31NO6. The topological polar surface area (TPSA) is 74.3 Å². The molecule has 28 heavy (non-hydrogen) atoms. The van der Waals surface area contributed by atoms with Crippen molar-refractivity contribution in [3.63, 3.8) is 0 Å². The fourth-order valence-electron chi connectivity index (χ4n) is 3.03. The quantitative estimate of drug-likeness (QED) is 0.683. The Morgan fingerprint density at radius 2 is 1.96 bits per heavy atom. The highest BCUT2D eigenvalue weighted by Gasteiger charge is 2.28. The number of piperidine rings is 1. The molecule has 1 aromatic carbocycles. The van der Waals surface area contributed by atoms with Crippen LogP contribution in [0.25, 0.3) is 0 Å². The Balaban J connectivity index is 1.95. The number of likely N-dealkylation sites (tertiary alicyclic amines) is 1. The molecule has 0 spiro atoms. The van der Waals surface area contributed by atoms with E-state index < -0.39 is 11.6 Å². The number of hydrogen-bond acceptors (Lipinski definition) is 6. The molecule has 1 aliphatic heterocycles. The molecular weight excluding hydrogens is 362 g/mol. The fraction of sp³-hybridized carbons (Fsp3) is 0.619. The molecule has 7 heteroatoms. The standard InChI is InChI=1S/C21H31NO6/c1-6-26-19(23)16-9-10-17(18(12-16)25-5)27-14-15-8-7-11-22(13-15)20(24)28-21(2,3)4/h9-10,12,15H,6-8,11,13-14H2,1-5H3. The van der Waals surface area contributed by atoms with Gasteiger partial charge in [0.25, 0.3) is 0 Å². The summed E-state index contributed by atoms with van der Waals surface area (Å²) < 4.78 is 21.8. The van der Waals surface area contributed by atoms with Crippen molar-refractivity contribution in [3.05, 3.63) is 23.8 Å². The minimum absolute atomic E-state index is 0.204. The van der Waals surface area contributed by atoms with E-state index in [2.05, 4.69) is 0 Å². The lowest BCUT2D eigenvalue weighted by Crippen LogP contribution is -2.44. The summed E-state index contributed by atoms with van der Waals surface area (Å²) in [6.07, 6.45) is 1.60. The molecule has 0 N–H and O–H groups in total. The van der Waals surface area contributed by atoms with Gasteiger partial charge in [0.2, 0.25) is 0 Å². The van der Waals surface area contributed by atoms with Crippen LogP contribution in [0.1, 0.15) is 50.9 Å². The Hall–Kier alpha value is -2.44. The smallest absolute Gasteiger partial charge is 0.410 e. The molecule has 1 saturated heterocycles. The molecule has 1 amide bonds. The van der Waals surface area contributed by atoms with Gasteiger partial charge in [0.05, 0.1) is 25.9 Å². The SMILES string of the molecule is CCOC(=O)c1ccc(OCC2CCCN(C(=O)OC(C)(C)C)C2)c(OC)c1. The lowest BCUT2D eigenvalue weighted by atomic mass is 9.99. The first-order valence-electron chi connectivity index (χ1n) is 9.69. The maximum absolute atomic E-state index is 12.3. The average molecular weight is 393 g/mol. The van der Waals surface area contributed by atoms with Crippen LogP contribution in [0.2, 0.25) is 0 Å². The number of amides is 1. The molecule has 0 bridgehead atoms. The number of esters is 1. The van der Waals surface area contributed by atoms with E-state index in [1.54, 1.807) is 30.0 Å². The molecule has 0 aliphatic carbocycles. The number of carbonyl (C=O) groups excluding carboxylic acids is 2. The van der Waals surface area contributed by atoms with Crippen molar-refractivity contribution < 1.29 is 28.5 Å². The number of benzene rings is 1. The van der Waals surface area contributed by atoms with Gasteiger partial charge in [-0.25, -0.2) is 9.59 Å². The van der Waals surface area contributed by atoms with E-state index in [0.717, 1.165) is 12.8 Å². The molecule has 2 rings (SSSR count). The summed E-state index contributed by atoms with van der Waals surface area (Å²) in [7, 11) is 1.53. The second kappa shape index (κ2) is 9.66. The molecule has 0 saturated carbocycles. The largest absolute Gasteiger partial charge is 0.493 e. The summed E-state index contributed by atoms with van der Waals surface area (Å²) in [5, 5.41) is 0. The van der Waals surface area contributed by atoms with Crippen molar-refractivity contribution in [3.8, 4) is 11.5 Å². The summed E-state index contributed by atoms with van der Waals surface area (Å²) in [4.78, 5) is 25.9. The van der Waals surface area contributed by atoms with Gasteiger partial charge in [0, 0.05) is 19.0 Å². The predicted molar refractivity (Wildman–Crippen MR) is 105 cm³/mol. The number of hydrogen-bond donors (Lipinski definition) is 0. The van der Waals surface area contributed by atoms with Crippen LogP contribution < -0.4 is 9.47 Å². The lowest BCUT2D eigenvalue weighted by Gasteiger charge is -2.34. The molecule has 0 radical (unpaired) electrons. The normalized spacial score (nSPS) is 17.0. The van der Waals surface area contributed by atoms with Gasteiger partial charge >= 0.3 is 12.1 Å². The molecule has 7 nitrogen and oxygen atoms in total.